The number of aliphatic hydroxyl groups excluding tert-OH is 1. The zero-order chi connectivity index (χ0) is 70.5. The summed E-state index contributed by atoms with van der Waals surface area (Å²) in [5, 5.41) is 10.6. The molecular formula is C77H150O17P2. The highest BCUT2D eigenvalue weighted by Crippen LogP contribution is 2.45. The Morgan fingerprint density at radius 1 is 0.292 bits per heavy atom. The molecule has 0 bridgehead atoms. The van der Waals surface area contributed by atoms with Gasteiger partial charge >= 0.3 is 39.5 Å². The number of phosphoric ester groups is 2. The highest BCUT2D eigenvalue weighted by atomic mass is 31.2. The van der Waals surface area contributed by atoms with Gasteiger partial charge in [-0.3, -0.25) is 37.3 Å². The van der Waals surface area contributed by atoms with Crippen LogP contribution in [0.3, 0.4) is 0 Å². The predicted molar refractivity (Wildman–Crippen MR) is 391 cm³/mol. The number of ether oxygens (including phenoxy) is 4. The van der Waals surface area contributed by atoms with Crippen LogP contribution in [0.5, 0.6) is 0 Å². The van der Waals surface area contributed by atoms with Crippen molar-refractivity contribution in [2.45, 2.75) is 425 Å². The number of phosphoric acid groups is 2. The van der Waals surface area contributed by atoms with Crippen LogP contribution < -0.4 is 0 Å². The summed E-state index contributed by atoms with van der Waals surface area (Å²) in [5.74, 6) is -1.27. The molecule has 0 aliphatic rings. The van der Waals surface area contributed by atoms with E-state index in [0.29, 0.717) is 25.7 Å². The molecule has 0 saturated carbocycles. The molecule has 0 heterocycles. The van der Waals surface area contributed by atoms with Crippen molar-refractivity contribution in [1.29, 1.82) is 0 Å². The van der Waals surface area contributed by atoms with Crippen molar-refractivity contribution in [1.82, 2.24) is 0 Å². The summed E-state index contributed by atoms with van der Waals surface area (Å²) in [4.78, 5) is 72.6. The third kappa shape index (κ3) is 69.2. The molecule has 0 aromatic heterocycles. The molecule has 3 unspecified atom stereocenters. The van der Waals surface area contributed by atoms with E-state index in [1.807, 2.05) is 0 Å². The van der Waals surface area contributed by atoms with E-state index in [2.05, 4.69) is 34.6 Å². The smallest absolute Gasteiger partial charge is 0.462 e. The van der Waals surface area contributed by atoms with Crippen LogP contribution in [-0.4, -0.2) is 96.7 Å². The van der Waals surface area contributed by atoms with Crippen molar-refractivity contribution >= 4 is 39.5 Å². The minimum atomic E-state index is -4.96. The van der Waals surface area contributed by atoms with E-state index < -0.39 is 97.5 Å². The maximum atomic E-state index is 13.1. The number of hydrogen-bond acceptors (Lipinski definition) is 15. The standard InChI is InChI=1S/C77H150O17P2/c1-6-10-13-16-19-21-22-23-24-25-26-27-28-29-30-31-36-39-43-48-53-58-63-77(82)94-73(67-88-75(80)61-56-51-46-42-38-35-33-32-34-37-41-45-49-54-59-70(5)9-4)69-92-96(85,86)90-65-71(78)64-89-95(83,84)91-68-72(66-87-74(79)60-55-50-44-18-15-12-8-3)93-76(81)62-57-52-47-40-20-17-14-11-7-2/h70-73,78H,6-69H2,1-5H3,(H,83,84)(H,85,86)/t70?,71-,72+,73+/m0/s1. The van der Waals surface area contributed by atoms with Crippen molar-refractivity contribution in [3.05, 3.63) is 0 Å². The molecule has 0 rings (SSSR count). The van der Waals surface area contributed by atoms with Gasteiger partial charge in [-0.1, -0.05) is 356 Å². The SMILES string of the molecule is CCCCCCCCCCCCCCCCCCCCCCCCC(=O)O[C@H](COC(=O)CCCCCCCCCCCCCCCCC(C)CC)COP(=O)(O)OC[C@@H](O)COP(=O)(O)OC[C@@H](COC(=O)CCCCCCCCC)OC(=O)CCCCCCCCCCC. The first-order chi connectivity index (χ1) is 46.6. The Kier molecular flexibility index (Phi) is 68.7. The van der Waals surface area contributed by atoms with Gasteiger partial charge in [0.15, 0.2) is 12.2 Å². The first kappa shape index (κ1) is 94.1. The van der Waals surface area contributed by atoms with Crippen LogP contribution in [0.2, 0.25) is 0 Å². The summed E-state index contributed by atoms with van der Waals surface area (Å²) in [5.41, 5.74) is 0. The molecule has 0 aliphatic carbocycles. The van der Waals surface area contributed by atoms with Crippen LogP contribution in [0.25, 0.3) is 0 Å². The van der Waals surface area contributed by atoms with E-state index in [4.69, 9.17) is 37.0 Å². The van der Waals surface area contributed by atoms with Gasteiger partial charge in [0.05, 0.1) is 26.4 Å². The Morgan fingerprint density at radius 2 is 0.500 bits per heavy atom. The zero-order valence-corrected chi connectivity index (χ0v) is 64.3. The molecular weight excluding hydrogens is 1260 g/mol. The third-order valence-electron chi connectivity index (χ3n) is 18.4. The van der Waals surface area contributed by atoms with E-state index in [0.717, 1.165) is 109 Å². The van der Waals surface area contributed by atoms with Crippen molar-refractivity contribution < 1.29 is 80.2 Å². The highest BCUT2D eigenvalue weighted by molar-refractivity contribution is 7.47. The topological polar surface area (TPSA) is 237 Å². The maximum absolute atomic E-state index is 13.1. The molecule has 96 heavy (non-hydrogen) atoms. The molecule has 0 radical (unpaired) electrons. The quantitative estimate of drug-likeness (QED) is 0.0222. The van der Waals surface area contributed by atoms with Gasteiger partial charge in [0.2, 0.25) is 0 Å². The minimum Gasteiger partial charge on any atom is -0.462 e. The van der Waals surface area contributed by atoms with Gasteiger partial charge in [0, 0.05) is 25.7 Å². The van der Waals surface area contributed by atoms with Gasteiger partial charge in [-0.15, -0.1) is 0 Å². The second kappa shape index (κ2) is 70.1. The Bertz CT molecular complexity index is 1840. The van der Waals surface area contributed by atoms with Crippen molar-refractivity contribution in [3.63, 3.8) is 0 Å². The largest absolute Gasteiger partial charge is 0.472 e. The number of hydrogen-bond donors (Lipinski definition) is 3. The Hall–Kier alpha value is -1.94. The van der Waals surface area contributed by atoms with E-state index in [-0.39, 0.29) is 25.7 Å². The van der Waals surface area contributed by atoms with E-state index >= 15 is 0 Å². The van der Waals surface area contributed by atoms with E-state index in [9.17, 15) is 43.2 Å². The monoisotopic (exact) mass is 1410 g/mol. The number of unbranched alkanes of at least 4 members (excludes halogenated alkanes) is 48. The Labute approximate surface area is 588 Å². The average molecular weight is 1410 g/mol. The lowest BCUT2D eigenvalue weighted by Gasteiger charge is -2.21. The lowest BCUT2D eigenvalue weighted by molar-refractivity contribution is -0.161. The van der Waals surface area contributed by atoms with Crippen LogP contribution in [0.15, 0.2) is 0 Å². The third-order valence-corrected chi connectivity index (χ3v) is 20.3. The summed E-state index contributed by atoms with van der Waals surface area (Å²) in [7, 11) is -9.90. The first-order valence-electron chi connectivity index (χ1n) is 40.2. The summed E-state index contributed by atoms with van der Waals surface area (Å²) in [6, 6.07) is 0. The summed E-state index contributed by atoms with van der Waals surface area (Å²) < 4.78 is 68.3. The molecule has 17 nitrogen and oxygen atoms in total. The molecule has 0 aromatic rings. The zero-order valence-electron chi connectivity index (χ0n) is 62.5. The summed E-state index contributed by atoms with van der Waals surface area (Å²) in [6.45, 7) is 7.29. The van der Waals surface area contributed by atoms with Crippen LogP contribution in [0.4, 0.5) is 0 Å². The van der Waals surface area contributed by atoms with Crippen LogP contribution in [-0.2, 0) is 65.4 Å². The Morgan fingerprint density at radius 3 is 0.740 bits per heavy atom. The first-order valence-corrected chi connectivity index (χ1v) is 43.2. The molecule has 570 valence electrons. The number of carbonyl (C=O) groups excluding carboxylic acids is 4. The van der Waals surface area contributed by atoms with Gasteiger partial charge in [0.25, 0.3) is 0 Å². The molecule has 0 aliphatic heterocycles. The van der Waals surface area contributed by atoms with Gasteiger partial charge in [-0.05, 0) is 31.6 Å². The highest BCUT2D eigenvalue weighted by Gasteiger charge is 2.30. The van der Waals surface area contributed by atoms with E-state index in [1.165, 1.54) is 218 Å². The average Bonchev–Trinajstić information content (AvgIpc) is 3.68. The van der Waals surface area contributed by atoms with E-state index in [1.54, 1.807) is 0 Å². The normalized spacial score (nSPS) is 14.2. The van der Waals surface area contributed by atoms with Crippen molar-refractivity contribution in [3.8, 4) is 0 Å². The van der Waals surface area contributed by atoms with Crippen molar-refractivity contribution in [2.24, 2.45) is 5.92 Å². The minimum absolute atomic E-state index is 0.106. The molecule has 0 saturated heterocycles. The van der Waals surface area contributed by atoms with Gasteiger partial charge < -0.3 is 33.8 Å². The maximum Gasteiger partial charge on any atom is 0.472 e. The lowest BCUT2D eigenvalue weighted by Crippen LogP contribution is -2.30. The van der Waals surface area contributed by atoms with Gasteiger partial charge in [0.1, 0.15) is 19.3 Å². The molecule has 0 aromatic carbocycles. The van der Waals surface area contributed by atoms with Crippen LogP contribution in [0.1, 0.15) is 407 Å². The molecule has 0 amide bonds. The molecule has 19 heteroatoms. The second-order valence-electron chi connectivity index (χ2n) is 28.0. The Balaban J connectivity index is 5.13. The molecule has 0 spiro atoms. The predicted octanol–water partition coefficient (Wildman–Crippen LogP) is 22.9. The molecule has 0 fully saturated rings. The number of carbonyl (C=O) groups is 4. The van der Waals surface area contributed by atoms with Crippen molar-refractivity contribution in [2.75, 3.05) is 39.6 Å². The van der Waals surface area contributed by atoms with Crippen LogP contribution in [0, 0.1) is 5.92 Å². The number of aliphatic hydroxyl groups is 1. The van der Waals surface area contributed by atoms with Gasteiger partial charge in [-0.25, -0.2) is 9.13 Å². The lowest BCUT2D eigenvalue weighted by atomic mass is 9.99. The molecule has 6 atom stereocenters. The van der Waals surface area contributed by atoms with Crippen LogP contribution >= 0.6 is 15.6 Å². The summed E-state index contributed by atoms with van der Waals surface area (Å²) in [6.07, 6.45) is 60.0. The second-order valence-corrected chi connectivity index (χ2v) is 30.9. The summed E-state index contributed by atoms with van der Waals surface area (Å²) >= 11 is 0. The molecule has 3 N–H and O–H groups in total. The number of rotatable bonds is 77. The fourth-order valence-corrected chi connectivity index (χ4v) is 13.4. The fourth-order valence-electron chi connectivity index (χ4n) is 11.8. The fraction of sp³-hybridized carbons (Fsp3) is 0.948. The number of esters is 4. The van der Waals surface area contributed by atoms with Gasteiger partial charge in [-0.2, -0.15) is 0 Å².